The molecule has 0 atom stereocenters. The van der Waals surface area contributed by atoms with Crippen molar-refractivity contribution in [2.75, 3.05) is 0 Å². The molecular formula is C11H16N2. The van der Waals surface area contributed by atoms with Gasteiger partial charge in [-0.1, -0.05) is 13.5 Å². The normalized spacial score (nSPS) is 11.8. The summed E-state index contributed by atoms with van der Waals surface area (Å²) in [4.78, 5) is 7.56. The minimum Gasteiger partial charge on any atom is -0.346 e. The first-order valence-corrected chi connectivity index (χ1v) is 4.52. The van der Waals surface area contributed by atoms with E-state index >= 15 is 0 Å². The molecule has 0 aromatic carbocycles. The fraction of sp³-hybridized carbons (Fsp3) is 0.364. The lowest BCUT2D eigenvalue weighted by molar-refractivity contribution is 1.23. The van der Waals surface area contributed by atoms with E-state index in [0.717, 1.165) is 29.1 Å². The third-order valence-corrected chi connectivity index (χ3v) is 2.00. The third kappa shape index (κ3) is 2.31. The van der Waals surface area contributed by atoms with Crippen LogP contribution in [0.4, 0.5) is 5.82 Å². The van der Waals surface area contributed by atoms with Gasteiger partial charge in [0.1, 0.15) is 5.82 Å². The van der Waals surface area contributed by atoms with Gasteiger partial charge in [0.2, 0.25) is 0 Å². The highest BCUT2D eigenvalue weighted by Gasteiger charge is 2.02. The van der Waals surface area contributed by atoms with E-state index in [2.05, 4.69) is 23.5 Å². The summed E-state index contributed by atoms with van der Waals surface area (Å²) in [5.41, 5.74) is 3.28. The average Bonchev–Trinajstić information content (AvgIpc) is 2.52. The molecule has 1 N–H and O–H groups in total. The number of aromatic amines is 1. The molecule has 2 heteroatoms. The van der Waals surface area contributed by atoms with E-state index < -0.39 is 0 Å². The quantitative estimate of drug-likeness (QED) is 0.682. The fourth-order valence-electron chi connectivity index (χ4n) is 1.07. The predicted molar refractivity (Wildman–Crippen MR) is 58.6 cm³/mol. The summed E-state index contributed by atoms with van der Waals surface area (Å²) in [6, 6.07) is 2.00. The second-order valence-corrected chi connectivity index (χ2v) is 3.22. The molecule has 0 saturated heterocycles. The van der Waals surface area contributed by atoms with Crippen LogP contribution in [-0.4, -0.2) is 10.7 Å². The van der Waals surface area contributed by atoms with E-state index in [1.165, 1.54) is 0 Å². The van der Waals surface area contributed by atoms with E-state index in [9.17, 15) is 0 Å². The number of nitrogens with one attached hydrogen (secondary N) is 1. The number of nitrogens with zero attached hydrogens (tertiary/aromatic N) is 1. The van der Waals surface area contributed by atoms with Crippen LogP contribution in [0.2, 0.25) is 0 Å². The number of H-pyrrole nitrogens is 1. The largest absolute Gasteiger partial charge is 0.346 e. The van der Waals surface area contributed by atoms with Crippen LogP contribution in [0.3, 0.4) is 0 Å². The van der Waals surface area contributed by atoms with Gasteiger partial charge in [0.25, 0.3) is 0 Å². The Hall–Kier alpha value is -1.31. The van der Waals surface area contributed by atoms with Crippen molar-refractivity contribution in [3.05, 3.63) is 24.4 Å². The Kier molecular flexibility index (Phi) is 3.07. The van der Waals surface area contributed by atoms with Crippen LogP contribution in [-0.2, 0) is 0 Å². The summed E-state index contributed by atoms with van der Waals surface area (Å²) in [6.45, 7) is 10.0. The smallest absolute Gasteiger partial charge is 0.137 e. The monoisotopic (exact) mass is 176 g/mol. The van der Waals surface area contributed by atoms with Gasteiger partial charge in [-0.3, -0.25) is 0 Å². The van der Waals surface area contributed by atoms with Crippen molar-refractivity contribution in [1.29, 1.82) is 0 Å². The maximum absolute atomic E-state index is 4.46. The topological polar surface area (TPSA) is 28.1 Å². The molecule has 1 heterocycles. The maximum Gasteiger partial charge on any atom is 0.137 e. The molecule has 13 heavy (non-hydrogen) atoms. The molecule has 0 aliphatic rings. The SMILES string of the molecule is C=C(C)c1cc[nH]c1/N=C(\C)CC. The molecule has 1 aromatic rings. The minimum absolute atomic E-state index is 0.923. The van der Waals surface area contributed by atoms with Gasteiger partial charge in [0.05, 0.1) is 0 Å². The number of hydrogen-bond donors (Lipinski definition) is 1. The standard InChI is InChI=1S/C11H16N2/c1-5-9(4)13-11-10(8(2)3)6-7-12-11/h6-7,12H,2,5H2,1,3-4H3/b13-9+. The number of aliphatic imine (C=N–C) groups is 1. The lowest BCUT2D eigenvalue weighted by Gasteiger charge is -1.99. The summed E-state index contributed by atoms with van der Waals surface area (Å²) in [5.74, 6) is 0.923. The number of rotatable bonds is 3. The first kappa shape index (κ1) is 9.78. The molecule has 0 amide bonds. The molecular weight excluding hydrogens is 160 g/mol. The van der Waals surface area contributed by atoms with E-state index in [0.29, 0.717) is 0 Å². The summed E-state index contributed by atoms with van der Waals surface area (Å²) in [6.07, 6.45) is 2.88. The van der Waals surface area contributed by atoms with Crippen LogP contribution in [0.25, 0.3) is 5.57 Å². The summed E-state index contributed by atoms with van der Waals surface area (Å²) in [5, 5.41) is 0. The van der Waals surface area contributed by atoms with E-state index in [4.69, 9.17) is 0 Å². The second-order valence-electron chi connectivity index (χ2n) is 3.22. The molecule has 0 aliphatic carbocycles. The van der Waals surface area contributed by atoms with Crippen molar-refractivity contribution >= 4 is 17.1 Å². The van der Waals surface area contributed by atoms with Gasteiger partial charge in [0.15, 0.2) is 0 Å². The first-order chi connectivity index (χ1) is 6.15. The van der Waals surface area contributed by atoms with Gasteiger partial charge in [-0.05, 0) is 31.9 Å². The van der Waals surface area contributed by atoms with Crippen molar-refractivity contribution in [2.24, 2.45) is 4.99 Å². The van der Waals surface area contributed by atoms with Crippen molar-refractivity contribution < 1.29 is 0 Å². The first-order valence-electron chi connectivity index (χ1n) is 4.52. The Balaban J connectivity index is 3.01. The highest BCUT2D eigenvalue weighted by molar-refractivity contribution is 5.85. The van der Waals surface area contributed by atoms with Crippen LogP contribution < -0.4 is 0 Å². The van der Waals surface area contributed by atoms with Gasteiger partial charge in [0, 0.05) is 17.5 Å². The lowest BCUT2D eigenvalue weighted by atomic mass is 10.2. The van der Waals surface area contributed by atoms with Crippen molar-refractivity contribution in [2.45, 2.75) is 27.2 Å². The van der Waals surface area contributed by atoms with Crippen molar-refractivity contribution in [3.8, 4) is 0 Å². The van der Waals surface area contributed by atoms with Crippen LogP contribution >= 0.6 is 0 Å². The fourth-order valence-corrected chi connectivity index (χ4v) is 1.07. The number of hydrogen-bond acceptors (Lipinski definition) is 1. The maximum atomic E-state index is 4.46. The molecule has 0 aliphatic heterocycles. The zero-order valence-electron chi connectivity index (χ0n) is 8.52. The Labute approximate surface area is 79.4 Å². The zero-order valence-corrected chi connectivity index (χ0v) is 8.52. The molecule has 0 spiro atoms. The van der Waals surface area contributed by atoms with E-state index in [1.807, 2.05) is 26.1 Å². The third-order valence-electron chi connectivity index (χ3n) is 2.00. The van der Waals surface area contributed by atoms with E-state index in [-0.39, 0.29) is 0 Å². The number of allylic oxidation sites excluding steroid dienone is 1. The summed E-state index contributed by atoms with van der Waals surface area (Å²) >= 11 is 0. The van der Waals surface area contributed by atoms with Gasteiger partial charge >= 0.3 is 0 Å². The molecule has 2 nitrogen and oxygen atoms in total. The number of aromatic nitrogens is 1. The molecule has 0 fully saturated rings. The van der Waals surface area contributed by atoms with Crippen LogP contribution in [0.15, 0.2) is 23.8 Å². The molecule has 0 unspecified atom stereocenters. The lowest BCUT2D eigenvalue weighted by Crippen LogP contribution is -1.86. The highest BCUT2D eigenvalue weighted by Crippen LogP contribution is 2.23. The molecule has 0 radical (unpaired) electrons. The molecule has 0 saturated carbocycles. The predicted octanol–water partition coefficient (Wildman–Crippen LogP) is 3.55. The molecule has 1 rings (SSSR count). The van der Waals surface area contributed by atoms with Crippen molar-refractivity contribution in [3.63, 3.8) is 0 Å². The van der Waals surface area contributed by atoms with Gasteiger partial charge in [-0.15, -0.1) is 0 Å². The molecule has 0 bridgehead atoms. The van der Waals surface area contributed by atoms with Crippen molar-refractivity contribution in [1.82, 2.24) is 4.98 Å². The molecule has 70 valence electrons. The van der Waals surface area contributed by atoms with Crippen LogP contribution in [0, 0.1) is 0 Å². The minimum atomic E-state index is 0.923. The highest BCUT2D eigenvalue weighted by atomic mass is 14.9. The van der Waals surface area contributed by atoms with E-state index in [1.54, 1.807) is 0 Å². The zero-order chi connectivity index (χ0) is 9.84. The van der Waals surface area contributed by atoms with Crippen LogP contribution in [0.5, 0.6) is 0 Å². The van der Waals surface area contributed by atoms with Gasteiger partial charge in [-0.25, -0.2) is 4.99 Å². The Bertz CT molecular complexity index is 332. The Morgan fingerprint density at radius 1 is 1.54 bits per heavy atom. The second kappa shape index (κ2) is 4.08. The summed E-state index contributed by atoms with van der Waals surface area (Å²) < 4.78 is 0. The average molecular weight is 176 g/mol. The molecule has 1 aromatic heterocycles. The Morgan fingerprint density at radius 3 is 2.77 bits per heavy atom. The Morgan fingerprint density at radius 2 is 2.23 bits per heavy atom. The summed E-state index contributed by atoms with van der Waals surface area (Å²) in [7, 11) is 0. The van der Waals surface area contributed by atoms with Gasteiger partial charge < -0.3 is 4.98 Å². The van der Waals surface area contributed by atoms with Gasteiger partial charge in [-0.2, -0.15) is 0 Å². The van der Waals surface area contributed by atoms with Crippen LogP contribution in [0.1, 0.15) is 32.8 Å².